The molecule has 0 unspecified atom stereocenters. The van der Waals surface area contributed by atoms with Gasteiger partial charge >= 0.3 is 0 Å². The fourth-order valence-corrected chi connectivity index (χ4v) is 2.56. The average Bonchev–Trinajstić information content (AvgIpc) is 2.32. The predicted octanol–water partition coefficient (Wildman–Crippen LogP) is 0.592. The number of nitrogens with two attached hydrogens (primary N) is 1. The van der Waals surface area contributed by atoms with E-state index in [1.165, 1.54) is 13.2 Å². The van der Waals surface area contributed by atoms with Crippen molar-refractivity contribution in [3.05, 3.63) is 18.2 Å². The molecule has 102 valence electrons. The molecule has 0 atom stereocenters. The minimum atomic E-state index is -3.64. The number of nitrogens with one attached hydrogen (secondary N) is 1. The van der Waals surface area contributed by atoms with Crippen molar-refractivity contribution in [2.24, 2.45) is 0 Å². The van der Waals surface area contributed by atoms with Crippen LogP contribution in [0.1, 0.15) is 6.92 Å². The molecule has 1 aromatic rings. The van der Waals surface area contributed by atoms with Crippen LogP contribution in [-0.2, 0) is 14.8 Å². The van der Waals surface area contributed by atoms with Crippen LogP contribution in [0.3, 0.4) is 0 Å². The number of sulfonamides is 1. The van der Waals surface area contributed by atoms with E-state index in [0.29, 0.717) is 18.9 Å². The van der Waals surface area contributed by atoms with Crippen LogP contribution in [0.4, 0.5) is 5.69 Å². The van der Waals surface area contributed by atoms with E-state index in [0.717, 1.165) is 0 Å². The normalized spacial score (nSPS) is 11.4. The molecule has 0 radical (unpaired) electrons. The first-order chi connectivity index (χ1) is 8.51. The van der Waals surface area contributed by atoms with Gasteiger partial charge in [-0.25, -0.2) is 13.1 Å². The molecule has 7 heteroatoms. The number of ether oxygens (including phenoxy) is 2. The van der Waals surface area contributed by atoms with Gasteiger partial charge < -0.3 is 15.2 Å². The van der Waals surface area contributed by atoms with E-state index >= 15 is 0 Å². The van der Waals surface area contributed by atoms with Gasteiger partial charge in [-0.05, 0) is 25.1 Å². The van der Waals surface area contributed by atoms with Crippen molar-refractivity contribution >= 4 is 15.7 Å². The number of rotatable bonds is 7. The number of nitrogen functional groups attached to an aromatic ring is 1. The Bertz CT molecular complexity index is 488. The van der Waals surface area contributed by atoms with Crippen molar-refractivity contribution in [3.8, 4) is 5.75 Å². The molecule has 0 fully saturated rings. The van der Waals surface area contributed by atoms with Crippen LogP contribution < -0.4 is 15.2 Å². The fourth-order valence-electron chi connectivity index (χ4n) is 1.37. The summed E-state index contributed by atoms with van der Waals surface area (Å²) in [4.78, 5) is 0.0421. The molecular weight excluding hydrogens is 256 g/mol. The maximum absolute atomic E-state index is 12.1. The Labute approximate surface area is 107 Å². The molecule has 0 heterocycles. The maximum atomic E-state index is 12.1. The highest BCUT2D eigenvalue weighted by Crippen LogP contribution is 2.25. The van der Waals surface area contributed by atoms with E-state index in [9.17, 15) is 8.42 Å². The van der Waals surface area contributed by atoms with Crippen LogP contribution in [0.15, 0.2) is 23.1 Å². The molecule has 6 nitrogen and oxygen atoms in total. The van der Waals surface area contributed by atoms with Gasteiger partial charge in [-0.3, -0.25) is 0 Å². The van der Waals surface area contributed by atoms with Gasteiger partial charge in [-0.2, -0.15) is 0 Å². The highest BCUT2D eigenvalue weighted by molar-refractivity contribution is 7.89. The third-order valence-electron chi connectivity index (χ3n) is 2.16. The van der Waals surface area contributed by atoms with Crippen molar-refractivity contribution in [2.45, 2.75) is 11.8 Å². The van der Waals surface area contributed by atoms with Crippen LogP contribution in [0.5, 0.6) is 5.75 Å². The summed E-state index contributed by atoms with van der Waals surface area (Å²) in [6, 6.07) is 4.52. The van der Waals surface area contributed by atoms with Gasteiger partial charge in [0.25, 0.3) is 0 Å². The Morgan fingerprint density at radius 3 is 2.72 bits per heavy atom. The van der Waals surface area contributed by atoms with E-state index in [4.69, 9.17) is 15.2 Å². The lowest BCUT2D eigenvalue weighted by Crippen LogP contribution is -2.27. The van der Waals surface area contributed by atoms with E-state index in [-0.39, 0.29) is 17.2 Å². The van der Waals surface area contributed by atoms with Gasteiger partial charge in [0.2, 0.25) is 10.0 Å². The van der Waals surface area contributed by atoms with E-state index in [1.54, 1.807) is 19.1 Å². The lowest BCUT2D eigenvalue weighted by molar-refractivity contribution is 0.204. The highest BCUT2D eigenvalue weighted by Gasteiger charge is 2.19. The third-order valence-corrected chi connectivity index (χ3v) is 3.64. The first-order valence-corrected chi connectivity index (χ1v) is 7.00. The van der Waals surface area contributed by atoms with E-state index < -0.39 is 10.0 Å². The van der Waals surface area contributed by atoms with Crippen LogP contribution in [-0.4, -0.2) is 35.3 Å². The zero-order valence-electron chi connectivity index (χ0n) is 10.5. The average molecular weight is 274 g/mol. The smallest absolute Gasteiger partial charge is 0.244 e. The summed E-state index contributed by atoms with van der Waals surface area (Å²) < 4.78 is 36.6. The topological polar surface area (TPSA) is 90.7 Å². The summed E-state index contributed by atoms with van der Waals surface area (Å²) >= 11 is 0. The molecule has 1 aromatic carbocycles. The molecule has 0 aromatic heterocycles. The predicted molar refractivity (Wildman–Crippen MR) is 69.1 cm³/mol. The largest absolute Gasteiger partial charge is 0.492 e. The molecule has 0 aliphatic rings. The zero-order valence-corrected chi connectivity index (χ0v) is 11.3. The molecule has 0 saturated carbocycles. The van der Waals surface area contributed by atoms with Crippen LogP contribution in [0.25, 0.3) is 0 Å². The molecule has 0 saturated heterocycles. The zero-order chi connectivity index (χ0) is 13.6. The van der Waals surface area contributed by atoms with Crippen LogP contribution in [0, 0.1) is 0 Å². The molecule has 0 aliphatic heterocycles. The van der Waals surface area contributed by atoms with Gasteiger partial charge in [-0.15, -0.1) is 0 Å². The number of anilines is 1. The van der Waals surface area contributed by atoms with Crippen molar-refractivity contribution in [1.29, 1.82) is 0 Å². The summed E-state index contributed by atoms with van der Waals surface area (Å²) in [5.41, 5.74) is 5.97. The van der Waals surface area contributed by atoms with Gasteiger partial charge in [0.1, 0.15) is 10.6 Å². The molecule has 0 spiro atoms. The Balaban J connectivity index is 3.01. The van der Waals surface area contributed by atoms with Gasteiger partial charge in [0.05, 0.1) is 13.2 Å². The number of hydrogen-bond donors (Lipinski definition) is 2. The highest BCUT2D eigenvalue weighted by atomic mass is 32.2. The first kappa shape index (κ1) is 14.7. The number of benzene rings is 1. The summed E-state index contributed by atoms with van der Waals surface area (Å²) in [7, 11) is -2.14. The SMILES string of the molecule is CCOc1ccc(N)cc1S(=O)(=O)NCCOC. The lowest BCUT2D eigenvalue weighted by atomic mass is 10.3. The standard InChI is InChI=1S/C11H18N2O4S/c1-3-17-10-5-4-9(12)8-11(10)18(14,15)13-6-7-16-2/h4-5,8,13H,3,6-7,12H2,1-2H3. The Morgan fingerprint density at radius 2 is 2.11 bits per heavy atom. The fraction of sp³-hybridized carbons (Fsp3) is 0.455. The van der Waals surface area contributed by atoms with Crippen molar-refractivity contribution in [2.75, 3.05) is 32.6 Å². The second-order valence-corrected chi connectivity index (χ2v) is 5.27. The molecular formula is C11H18N2O4S. The summed E-state index contributed by atoms with van der Waals surface area (Å²) in [5.74, 6) is 0.289. The minimum absolute atomic E-state index is 0.0421. The summed E-state index contributed by atoms with van der Waals surface area (Å²) in [5, 5.41) is 0. The van der Waals surface area contributed by atoms with E-state index in [2.05, 4.69) is 4.72 Å². The van der Waals surface area contributed by atoms with Crippen LogP contribution >= 0.6 is 0 Å². The molecule has 0 amide bonds. The second-order valence-electron chi connectivity index (χ2n) is 3.53. The first-order valence-electron chi connectivity index (χ1n) is 5.52. The van der Waals surface area contributed by atoms with Crippen molar-refractivity contribution in [1.82, 2.24) is 4.72 Å². The third kappa shape index (κ3) is 3.86. The molecule has 3 N–H and O–H groups in total. The summed E-state index contributed by atoms with van der Waals surface area (Å²) in [6.45, 7) is 2.65. The molecule has 0 aliphatic carbocycles. The van der Waals surface area contributed by atoms with Gasteiger partial charge in [0.15, 0.2) is 0 Å². The Hall–Kier alpha value is -1.31. The van der Waals surface area contributed by atoms with E-state index in [1.807, 2.05) is 0 Å². The number of hydrogen-bond acceptors (Lipinski definition) is 5. The quantitative estimate of drug-likeness (QED) is 0.561. The van der Waals surface area contributed by atoms with Crippen LogP contribution in [0.2, 0.25) is 0 Å². The number of methoxy groups -OCH3 is 1. The van der Waals surface area contributed by atoms with Crippen molar-refractivity contribution in [3.63, 3.8) is 0 Å². The van der Waals surface area contributed by atoms with Crippen molar-refractivity contribution < 1.29 is 17.9 Å². The Kier molecular flexibility index (Phi) is 5.39. The summed E-state index contributed by atoms with van der Waals surface area (Å²) in [6.07, 6.45) is 0. The minimum Gasteiger partial charge on any atom is -0.492 e. The second kappa shape index (κ2) is 6.58. The maximum Gasteiger partial charge on any atom is 0.244 e. The van der Waals surface area contributed by atoms with Gasteiger partial charge in [0, 0.05) is 19.3 Å². The molecule has 18 heavy (non-hydrogen) atoms. The Morgan fingerprint density at radius 1 is 1.39 bits per heavy atom. The monoisotopic (exact) mass is 274 g/mol. The molecule has 0 bridgehead atoms. The van der Waals surface area contributed by atoms with Gasteiger partial charge in [-0.1, -0.05) is 0 Å². The molecule has 1 rings (SSSR count). The lowest BCUT2D eigenvalue weighted by Gasteiger charge is -2.12.